The number of methoxy groups -OCH3 is 1. The van der Waals surface area contributed by atoms with Crippen LogP contribution in [0.4, 0.5) is 0 Å². The Kier molecular flexibility index (Phi) is 4.82. The Morgan fingerprint density at radius 2 is 1.88 bits per heavy atom. The number of morpholine rings is 1. The molecule has 4 nitrogen and oxygen atoms in total. The molecule has 0 spiro atoms. The van der Waals surface area contributed by atoms with Crippen molar-refractivity contribution in [2.75, 3.05) is 20.3 Å². The van der Waals surface area contributed by atoms with Crippen molar-refractivity contribution in [3.63, 3.8) is 0 Å². The van der Waals surface area contributed by atoms with Crippen molar-refractivity contribution in [3.8, 4) is 16.9 Å². The zero-order chi connectivity index (χ0) is 18.0. The van der Waals surface area contributed by atoms with Crippen molar-refractivity contribution in [2.45, 2.75) is 32.4 Å². The summed E-state index contributed by atoms with van der Waals surface area (Å²) in [6.45, 7) is 7.16. The van der Waals surface area contributed by atoms with E-state index >= 15 is 0 Å². The minimum atomic E-state index is -0.350. The number of hydrogen-bond acceptors (Lipinski definition) is 3. The van der Waals surface area contributed by atoms with E-state index in [-0.39, 0.29) is 17.6 Å². The Hall–Kier alpha value is -2.33. The molecule has 0 N–H and O–H groups in total. The Morgan fingerprint density at radius 1 is 1.16 bits per heavy atom. The van der Waals surface area contributed by atoms with E-state index in [0.29, 0.717) is 24.5 Å². The van der Waals surface area contributed by atoms with Crippen molar-refractivity contribution < 1.29 is 14.3 Å². The molecule has 1 saturated heterocycles. The van der Waals surface area contributed by atoms with Gasteiger partial charge in [-0.25, -0.2) is 0 Å². The third-order valence-electron chi connectivity index (χ3n) is 4.67. The summed E-state index contributed by atoms with van der Waals surface area (Å²) in [4.78, 5) is 15.2. The van der Waals surface area contributed by atoms with Crippen molar-refractivity contribution >= 4 is 5.91 Å². The van der Waals surface area contributed by atoms with E-state index in [1.807, 2.05) is 74.2 Å². The Bertz CT molecular complexity index is 755. The first-order valence-electron chi connectivity index (χ1n) is 8.59. The molecule has 0 bridgehead atoms. The molecule has 1 aliphatic rings. The summed E-state index contributed by atoms with van der Waals surface area (Å²) in [5.74, 6) is 0.578. The van der Waals surface area contributed by atoms with Gasteiger partial charge < -0.3 is 14.4 Å². The van der Waals surface area contributed by atoms with E-state index in [4.69, 9.17) is 9.47 Å². The number of hydrogen-bond donors (Lipinski definition) is 0. The molecule has 1 atom stereocenters. The summed E-state index contributed by atoms with van der Waals surface area (Å²) in [6.07, 6.45) is 0.0280. The predicted molar refractivity (Wildman–Crippen MR) is 99.0 cm³/mol. The van der Waals surface area contributed by atoms with Crippen LogP contribution in [0.15, 0.2) is 48.5 Å². The van der Waals surface area contributed by atoms with Crippen LogP contribution in [0.2, 0.25) is 0 Å². The van der Waals surface area contributed by atoms with Crippen LogP contribution in [0.25, 0.3) is 11.1 Å². The van der Waals surface area contributed by atoms with E-state index in [0.717, 1.165) is 11.1 Å². The average Bonchev–Trinajstić information content (AvgIpc) is 2.63. The molecule has 1 fully saturated rings. The van der Waals surface area contributed by atoms with Gasteiger partial charge in [-0.3, -0.25) is 4.79 Å². The first-order valence-corrected chi connectivity index (χ1v) is 8.59. The maximum Gasteiger partial charge on any atom is 0.258 e. The highest BCUT2D eigenvalue weighted by Gasteiger charge is 2.38. The summed E-state index contributed by atoms with van der Waals surface area (Å²) in [5.41, 5.74) is 2.32. The zero-order valence-electron chi connectivity index (χ0n) is 15.3. The van der Waals surface area contributed by atoms with Crippen LogP contribution in [0.1, 0.15) is 31.1 Å². The van der Waals surface area contributed by atoms with Crippen LogP contribution < -0.4 is 4.74 Å². The molecule has 2 aromatic carbocycles. The fourth-order valence-electron chi connectivity index (χ4n) is 3.17. The van der Waals surface area contributed by atoms with Gasteiger partial charge in [0, 0.05) is 6.54 Å². The van der Waals surface area contributed by atoms with Gasteiger partial charge in [-0.2, -0.15) is 0 Å². The van der Waals surface area contributed by atoms with E-state index in [1.54, 1.807) is 7.11 Å². The number of benzene rings is 2. The smallest absolute Gasteiger partial charge is 0.258 e. The Morgan fingerprint density at radius 3 is 2.56 bits per heavy atom. The summed E-state index contributed by atoms with van der Waals surface area (Å²) in [6, 6.07) is 15.8. The lowest BCUT2D eigenvalue weighted by molar-refractivity contribution is -0.0756. The molecule has 3 rings (SSSR count). The SMILES string of the molecule is COc1ccc(-c2ccccc2)cc1C(=O)N1CC(C)OCC1(C)C. The lowest BCUT2D eigenvalue weighted by atomic mass is 9.97. The average molecular weight is 339 g/mol. The number of carbonyl (C=O) groups is 1. The molecular weight excluding hydrogens is 314 g/mol. The zero-order valence-corrected chi connectivity index (χ0v) is 15.3. The maximum absolute atomic E-state index is 13.3. The number of nitrogens with zero attached hydrogens (tertiary/aromatic N) is 1. The molecule has 0 aromatic heterocycles. The Balaban J connectivity index is 2.01. The topological polar surface area (TPSA) is 38.8 Å². The highest BCUT2D eigenvalue weighted by atomic mass is 16.5. The molecule has 1 unspecified atom stereocenters. The minimum Gasteiger partial charge on any atom is -0.496 e. The van der Waals surface area contributed by atoms with Gasteiger partial charge in [0.15, 0.2) is 0 Å². The standard InChI is InChI=1S/C21H25NO3/c1-15-13-22(21(2,3)14-25-15)20(23)18-12-17(10-11-19(18)24-4)16-8-6-5-7-9-16/h5-12,15H,13-14H2,1-4H3. The normalized spacial score (nSPS) is 19.5. The lowest BCUT2D eigenvalue weighted by Crippen LogP contribution is -2.57. The largest absolute Gasteiger partial charge is 0.496 e. The molecule has 25 heavy (non-hydrogen) atoms. The number of carbonyl (C=O) groups excluding carboxylic acids is 1. The molecule has 1 amide bonds. The second kappa shape index (κ2) is 6.89. The highest BCUT2D eigenvalue weighted by molar-refractivity contribution is 5.98. The molecule has 0 saturated carbocycles. The van der Waals surface area contributed by atoms with E-state index in [9.17, 15) is 4.79 Å². The molecule has 0 aliphatic carbocycles. The molecular formula is C21H25NO3. The third kappa shape index (κ3) is 3.54. The van der Waals surface area contributed by atoms with Crippen LogP contribution in [0, 0.1) is 0 Å². The maximum atomic E-state index is 13.3. The summed E-state index contributed by atoms with van der Waals surface area (Å²) >= 11 is 0. The lowest BCUT2D eigenvalue weighted by Gasteiger charge is -2.44. The fourth-order valence-corrected chi connectivity index (χ4v) is 3.17. The first-order chi connectivity index (χ1) is 11.9. The van der Waals surface area contributed by atoms with Crippen molar-refractivity contribution in [3.05, 3.63) is 54.1 Å². The van der Waals surface area contributed by atoms with Crippen molar-refractivity contribution in [2.24, 2.45) is 0 Å². The molecule has 0 radical (unpaired) electrons. The third-order valence-corrected chi connectivity index (χ3v) is 4.67. The highest BCUT2D eigenvalue weighted by Crippen LogP contribution is 2.31. The fraction of sp³-hybridized carbons (Fsp3) is 0.381. The van der Waals surface area contributed by atoms with Gasteiger partial charge in [0.2, 0.25) is 0 Å². The second-order valence-corrected chi connectivity index (χ2v) is 7.13. The van der Waals surface area contributed by atoms with Crippen molar-refractivity contribution in [1.82, 2.24) is 4.90 Å². The molecule has 4 heteroatoms. The van der Waals surface area contributed by atoms with Gasteiger partial charge in [0.05, 0.1) is 30.9 Å². The van der Waals surface area contributed by atoms with Crippen LogP contribution in [-0.2, 0) is 4.74 Å². The van der Waals surface area contributed by atoms with Crippen LogP contribution in [0.5, 0.6) is 5.75 Å². The van der Waals surface area contributed by atoms with E-state index in [2.05, 4.69) is 0 Å². The van der Waals surface area contributed by atoms with Gasteiger partial charge in [0.1, 0.15) is 5.75 Å². The van der Waals surface area contributed by atoms with Crippen LogP contribution in [0.3, 0.4) is 0 Å². The van der Waals surface area contributed by atoms with Gasteiger partial charge in [-0.1, -0.05) is 36.4 Å². The predicted octanol–water partition coefficient (Wildman–Crippen LogP) is 4.00. The van der Waals surface area contributed by atoms with E-state index < -0.39 is 0 Å². The number of ether oxygens (including phenoxy) is 2. The van der Waals surface area contributed by atoms with Crippen LogP contribution >= 0.6 is 0 Å². The monoisotopic (exact) mass is 339 g/mol. The minimum absolute atomic E-state index is 0.0187. The quantitative estimate of drug-likeness (QED) is 0.848. The second-order valence-electron chi connectivity index (χ2n) is 7.13. The summed E-state index contributed by atoms with van der Waals surface area (Å²) < 4.78 is 11.2. The molecule has 132 valence electrons. The molecule has 1 heterocycles. The van der Waals surface area contributed by atoms with Gasteiger partial charge >= 0.3 is 0 Å². The Labute approximate surface area is 149 Å². The van der Waals surface area contributed by atoms with E-state index in [1.165, 1.54) is 0 Å². The molecule has 2 aromatic rings. The van der Waals surface area contributed by atoms with Crippen LogP contribution in [-0.4, -0.2) is 42.7 Å². The first kappa shape index (κ1) is 17.5. The van der Waals surface area contributed by atoms with Gasteiger partial charge in [-0.15, -0.1) is 0 Å². The number of rotatable bonds is 3. The number of amides is 1. The summed E-state index contributed by atoms with van der Waals surface area (Å²) in [7, 11) is 1.60. The summed E-state index contributed by atoms with van der Waals surface area (Å²) in [5, 5.41) is 0. The van der Waals surface area contributed by atoms with Gasteiger partial charge in [0.25, 0.3) is 5.91 Å². The van der Waals surface area contributed by atoms with Crippen molar-refractivity contribution in [1.29, 1.82) is 0 Å². The molecule has 1 aliphatic heterocycles. The van der Waals surface area contributed by atoms with Gasteiger partial charge in [-0.05, 0) is 44.0 Å².